The third-order valence-corrected chi connectivity index (χ3v) is 4.56. The Morgan fingerprint density at radius 2 is 2.14 bits per heavy atom. The molecule has 1 aromatic rings. The van der Waals surface area contributed by atoms with E-state index >= 15 is 0 Å². The summed E-state index contributed by atoms with van der Waals surface area (Å²) in [6, 6.07) is 5.85. The van der Waals surface area contributed by atoms with Crippen LogP contribution in [0.1, 0.15) is 31.2 Å². The van der Waals surface area contributed by atoms with E-state index in [-0.39, 0.29) is 18.3 Å². The molecule has 1 saturated heterocycles. The van der Waals surface area contributed by atoms with Crippen LogP contribution in [0.25, 0.3) is 0 Å². The summed E-state index contributed by atoms with van der Waals surface area (Å²) in [4.78, 5) is 11.9. The van der Waals surface area contributed by atoms with Crippen LogP contribution in [0.4, 0.5) is 0 Å². The van der Waals surface area contributed by atoms with E-state index in [1.54, 1.807) is 7.11 Å². The number of carbonyl (C=O) groups is 1. The van der Waals surface area contributed by atoms with Crippen LogP contribution in [0.3, 0.4) is 0 Å². The van der Waals surface area contributed by atoms with Crippen molar-refractivity contribution in [2.24, 2.45) is 5.92 Å². The van der Waals surface area contributed by atoms with Crippen LogP contribution in [0.5, 0.6) is 5.75 Å². The molecule has 2 N–H and O–H groups in total. The number of hydrogen-bond donors (Lipinski definition) is 2. The van der Waals surface area contributed by atoms with Crippen molar-refractivity contribution in [1.29, 1.82) is 0 Å². The molecule has 0 radical (unpaired) electrons. The number of methoxy groups -OCH3 is 1. The molecule has 0 saturated carbocycles. The van der Waals surface area contributed by atoms with Gasteiger partial charge in [-0.3, -0.25) is 4.79 Å². The second-order valence-corrected chi connectivity index (χ2v) is 6.33. The van der Waals surface area contributed by atoms with Gasteiger partial charge >= 0.3 is 0 Å². The van der Waals surface area contributed by atoms with Crippen LogP contribution in [-0.4, -0.2) is 26.1 Å². The third kappa shape index (κ3) is 6.15. The summed E-state index contributed by atoms with van der Waals surface area (Å²) in [5.41, 5.74) is 1.07. The molecule has 0 spiro atoms. The summed E-state index contributed by atoms with van der Waals surface area (Å²) in [6.45, 7) is 2.74. The molecule has 6 heteroatoms. The summed E-state index contributed by atoms with van der Waals surface area (Å²) in [5, 5.41) is 6.34. The topological polar surface area (TPSA) is 50.4 Å². The summed E-state index contributed by atoms with van der Waals surface area (Å²) in [5.74, 6) is 1.64. The average Bonchev–Trinajstić information content (AvgIpc) is 2.52. The lowest BCUT2D eigenvalue weighted by Gasteiger charge is -2.22. The number of nitrogens with one attached hydrogen (secondary N) is 2. The zero-order valence-electron chi connectivity index (χ0n) is 12.9. The molecular formula is C16H24BrClN2O2. The first kappa shape index (κ1) is 19.3. The highest BCUT2D eigenvalue weighted by atomic mass is 79.9. The van der Waals surface area contributed by atoms with E-state index in [1.807, 2.05) is 18.2 Å². The number of benzene rings is 1. The van der Waals surface area contributed by atoms with Gasteiger partial charge in [-0.15, -0.1) is 12.4 Å². The molecule has 1 aromatic carbocycles. The van der Waals surface area contributed by atoms with Crippen molar-refractivity contribution >= 4 is 34.2 Å². The Morgan fingerprint density at radius 1 is 1.41 bits per heavy atom. The van der Waals surface area contributed by atoms with Crippen LogP contribution in [0, 0.1) is 5.92 Å². The fourth-order valence-corrected chi connectivity index (χ4v) is 3.20. The Balaban J connectivity index is 0.00000242. The highest BCUT2D eigenvalue weighted by molar-refractivity contribution is 9.10. The Bertz CT molecular complexity index is 479. The summed E-state index contributed by atoms with van der Waals surface area (Å²) < 4.78 is 6.10. The molecule has 0 bridgehead atoms. The number of hydrogen-bond acceptors (Lipinski definition) is 3. The largest absolute Gasteiger partial charge is 0.496 e. The highest BCUT2D eigenvalue weighted by Crippen LogP contribution is 2.25. The number of ether oxygens (including phenoxy) is 1. The van der Waals surface area contributed by atoms with E-state index in [1.165, 1.54) is 12.8 Å². The zero-order valence-corrected chi connectivity index (χ0v) is 15.3. The van der Waals surface area contributed by atoms with Gasteiger partial charge in [0.25, 0.3) is 0 Å². The molecule has 0 unspecified atom stereocenters. The van der Waals surface area contributed by atoms with Gasteiger partial charge in [0.05, 0.1) is 11.6 Å². The average molecular weight is 392 g/mol. The SMILES string of the molecule is COc1ccc(CNC(=O)CCC2CCNCC2)cc1Br.Cl. The molecule has 124 valence electrons. The summed E-state index contributed by atoms with van der Waals surface area (Å²) >= 11 is 3.45. The van der Waals surface area contributed by atoms with Crippen LogP contribution in [0.15, 0.2) is 22.7 Å². The van der Waals surface area contributed by atoms with Gasteiger partial charge in [-0.25, -0.2) is 0 Å². The molecule has 1 heterocycles. The molecule has 0 atom stereocenters. The molecule has 0 aromatic heterocycles. The number of carbonyl (C=O) groups excluding carboxylic acids is 1. The fraction of sp³-hybridized carbons (Fsp3) is 0.562. The maximum atomic E-state index is 11.9. The summed E-state index contributed by atoms with van der Waals surface area (Å²) in [6.07, 6.45) is 4.01. The molecule has 1 fully saturated rings. The van der Waals surface area contributed by atoms with E-state index < -0.39 is 0 Å². The predicted octanol–water partition coefficient (Wildman–Crippen LogP) is 3.28. The zero-order chi connectivity index (χ0) is 15.1. The molecule has 2 rings (SSSR count). The first-order valence-corrected chi connectivity index (χ1v) is 8.28. The number of rotatable bonds is 6. The quantitative estimate of drug-likeness (QED) is 0.782. The van der Waals surface area contributed by atoms with E-state index in [9.17, 15) is 4.79 Å². The number of amides is 1. The molecular weight excluding hydrogens is 368 g/mol. The van der Waals surface area contributed by atoms with Crippen LogP contribution < -0.4 is 15.4 Å². The van der Waals surface area contributed by atoms with Crippen LogP contribution in [0.2, 0.25) is 0 Å². The minimum absolute atomic E-state index is 0. The molecule has 4 nitrogen and oxygen atoms in total. The minimum Gasteiger partial charge on any atom is -0.496 e. The fourth-order valence-electron chi connectivity index (χ4n) is 2.61. The second-order valence-electron chi connectivity index (χ2n) is 5.48. The van der Waals surface area contributed by atoms with Gasteiger partial charge in [0, 0.05) is 13.0 Å². The molecule has 1 aliphatic heterocycles. The Hall–Kier alpha value is -0.780. The van der Waals surface area contributed by atoms with E-state index in [4.69, 9.17) is 4.74 Å². The van der Waals surface area contributed by atoms with Crippen molar-refractivity contribution in [1.82, 2.24) is 10.6 Å². The van der Waals surface area contributed by atoms with Gasteiger partial charge in [-0.1, -0.05) is 6.07 Å². The Kier molecular flexibility index (Phi) is 8.83. The van der Waals surface area contributed by atoms with Gasteiger partial charge in [-0.05, 0) is 71.9 Å². The normalized spacial score (nSPS) is 15.0. The van der Waals surface area contributed by atoms with Gasteiger partial charge < -0.3 is 15.4 Å². The maximum absolute atomic E-state index is 11.9. The molecule has 1 amide bonds. The first-order chi connectivity index (χ1) is 10.2. The Labute approximate surface area is 146 Å². The van der Waals surface area contributed by atoms with Crippen molar-refractivity contribution in [2.75, 3.05) is 20.2 Å². The van der Waals surface area contributed by atoms with Gasteiger partial charge in [0.15, 0.2) is 0 Å². The standard InChI is InChI=1S/C16H23BrN2O2.ClH/c1-21-15-4-2-13(10-14(15)17)11-19-16(20)5-3-12-6-8-18-9-7-12;/h2,4,10,12,18H,3,5-9,11H2,1H3,(H,19,20);1H. The van der Waals surface area contributed by atoms with Crippen molar-refractivity contribution in [3.63, 3.8) is 0 Å². The van der Waals surface area contributed by atoms with Gasteiger partial charge in [0.2, 0.25) is 5.91 Å². The Morgan fingerprint density at radius 3 is 2.77 bits per heavy atom. The minimum atomic E-state index is 0. The summed E-state index contributed by atoms with van der Waals surface area (Å²) in [7, 11) is 1.64. The van der Waals surface area contributed by atoms with Gasteiger partial charge in [-0.2, -0.15) is 0 Å². The van der Waals surface area contributed by atoms with Gasteiger partial charge in [0.1, 0.15) is 5.75 Å². The molecule has 1 aliphatic rings. The molecule has 22 heavy (non-hydrogen) atoms. The first-order valence-electron chi connectivity index (χ1n) is 7.49. The smallest absolute Gasteiger partial charge is 0.220 e. The van der Waals surface area contributed by atoms with E-state index in [0.29, 0.717) is 18.9 Å². The lowest BCUT2D eigenvalue weighted by atomic mass is 9.93. The third-order valence-electron chi connectivity index (χ3n) is 3.94. The van der Waals surface area contributed by atoms with Crippen LogP contribution >= 0.6 is 28.3 Å². The van der Waals surface area contributed by atoms with E-state index in [0.717, 1.165) is 35.3 Å². The van der Waals surface area contributed by atoms with Crippen molar-refractivity contribution < 1.29 is 9.53 Å². The van der Waals surface area contributed by atoms with E-state index in [2.05, 4.69) is 26.6 Å². The highest BCUT2D eigenvalue weighted by Gasteiger charge is 2.14. The van der Waals surface area contributed by atoms with Crippen molar-refractivity contribution in [3.8, 4) is 5.75 Å². The van der Waals surface area contributed by atoms with Crippen LogP contribution in [-0.2, 0) is 11.3 Å². The predicted molar refractivity (Wildman–Crippen MR) is 94.6 cm³/mol. The lowest BCUT2D eigenvalue weighted by molar-refractivity contribution is -0.121. The maximum Gasteiger partial charge on any atom is 0.220 e. The van der Waals surface area contributed by atoms with Crippen molar-refractivity contribution in [3.05, 3.63) is 28.2 Å². The number of halogens is 2. The lowest BCUT2D eigenvalue weighted by Crippen LogP contribution is -2.29. The molecule has 0 aliphatic carbocycles. The number of piperidine rings is 1. The monoisotopic (exact) mass is 390 g/mol. The van der Waals surface area contributed by atoms with Crippen molar-refractivity contribution in [2.45, 2.75) is 32.2 Å². The second kappa shape index (κ2) is 10.1.